The van der Waals surface area contributed by atoms with E-state index in [1.165, 1.54) is 31.2 Å². The van der Waals surface area contributed by atoms with Crippen LogP contribution in [0.25, 0.3) is 0 Å². The first-order valence-electron chi connectivity index (χ1n) is 7.71. The number of nitrogens with one attached hydrogen (secondary N) is 1. The van der Waals surface area contributed by atoms with Gasteiger partial charge >= 0.3 is 0 Å². The zero-order chi connectivity index (χ0) is 15.0. The molecule has 0 saturated carbocycles. The maximum atomic E-state index is 6.03. The summed E-state index contributed by atoms with van der Waals surface area (Å²) >= 11 is 3.61. The Morgan fingerprint density at radius 1 is 1.20 bits per heavy atom. The molecule has 3 heteroatoms. The Bertz CT molecular complexity index is 395. The highest BCUT2D eigenvalue weighted by atomic mass is 79.9. The molecule has 114 valence electrons. The van der Waals surface area contributed by atoms with Crippen molar-refractivity contribution in [2.75, 3.05) is 7.05 Å². The van der Waals surface area contributed by atoms with Crippen LogP contribution in [0.1, 0.15) is 64.5 Å². The average molecular weight is 342 g/mol. The van der Waals surface area contributed by atoms with Crippen molar-refractivity contribution in [3.63, 3.8) is 0 Å². The molecular weight excluding hydrogens is 314 g/mol. The predicted molar refractivity (Wildman–Crippen MR) is 90.5 cm³/mol. The summed E-state index contributed by atoms with van der Waals surface area (Å²) in [6.45, 7) is 6.55. The number of rotatable bonds is 9. The van der Waals surface area contributed by atoms with Crippen LogP contribution in [0.5, 0.6) is 5.75 Å². The number of ether oxygens (including phenoxy) is 1. The van der Waals surface area contributed by atoms with E-state index in [1.807, 2.05) is 7.05 Å². The molecular formula is C17H28BrNO. The summed E-state index contributed by atoms with van der Waals surface area (Å²) in [5.74, 6) is 0.944. The van der Waals surface area contributed by atoms with Crippen LogP contribution in [0, 0.1) is 0 Å². The summed E-state index contributed by atoms with van der Waals surface area (Å²) in [4.78, 5) is 0. The van der Waals surface area contributed by atoms with Crippen molar-refractivity contribution >= 4 is 15.9 Å². The Morgan fingerprint density at radius 3 is 2.55 bits per heavy atom. The van der Waals surface area contributed by atoms with Crippen LogP contribution in [0.3, 0.4) is 0 Å². The second-order valence-corrected chi connectivity index (χ2v) is 6.33. The molecule has 20 heavy (non-hydrogen) atoms. The zero-order valence-corrected chi connectivity index (χ0v) is 14.8. The van der Waals surface area contributed by atoms with Gasteiger partial charge in [0.25, 0.3) is 0 Å². The predicted octanol–water partition coefficient (Wildman–Crippen LogP) is 5.47. The van der Waals surface area contributed by atoms with Crippen LogP contribution in [-0.2, 0) is 0 Å². The van der Waals surface area contributed by atoms with Crippen LogP contribution in [0.4, 0.5) is 0 Å². The van der Waals surface area contributed by atoms with Gasteiger partial charge in [-0.05, 0) is 67.4 Å². The van der Waals surface area contributed by atoms with Crippen LogP contribution in [0.15, 0.2) is 22.7 Å². The van der Waals surface area contributed by atoms with Crippen LogP contribution in [0.2, 0.25) is 0 Å². The maximum absolute atomic E-state index is 6.03. The minimum atomic E-state index is 0.274. The highest BCUT2D eigenvalue weighted by molar-refractivity contribution is 9.10. The van der Waals surface area contributed by atoms with Crippen molar-refractivity contribution in [3.8, 4) is 5.75 Å². The van der Waals surface area contributed by atoms with E-state index in [4.69, 9.17) is 4.74 Å². The Balaban J connectivity index is 2.51. The number of hydrogen-bond acceptors (Lipinski definition) is 2. The van der Waals surface area contributed by atoms with Gasteiger partial charge in [-0.2, -0.15) is 0 Å². The third kappa shape index (κ3) is 5.84. The summed E-state index contributed by atoms with van der Waals surface area (Å²) in [6.07, 6.45) is 6.57. The van der Waals surface area contributed by atoms with Crippen LogP contribution < -0.4 is 10.1 Å². The van der Waals surface area contributed by atoms with Gasteiger partial charge in [0.1, 0.15) is 5.75 Å². The fraction of sp³-hybridized carbons (Fsp3) is 0.647. The smallest absolute Gasteiger partial charge is 0.133 e. The van der Waals surface area contributed by atoms with Crippen LogP contribution >= 0.6 is 15.9 Å². The molecule has 0 heterocycles. The minimum Gasteiger partial charge on any atom is -0.490 e. The molecule has 0 aliphatic rings. The molecule has 1 rings (SSSR count). The summed E-state index contributed by atoms with van der Waals surface area (Å²) in [5, 5.41) is 3.25. The fourth-order valence-corrected chi connectivity index (χ4v) is 2.67. The van der Waals surface area contributed by atoms with Gasteiger partial charge < -0.3 is 10.1 Å². The first-order valence-corrected chi connectivity index (χ1v) is 8.51. The standard InChI is InChI=1S/C17H28BrNO/c1-5-6-7-8-9-13(2)20-17-11-10-15(12-16(17)18)14(3)19-4/h10-14,19H,5-9H2,1-4H3. The van der Waals surface area contributed by atoms with Gasteiger partial charge in [-0.15, -0.1) is 0 Å². The lowest BCUT2D eigenvalue weighted by molar-refractivity contribution is 0.205. The van der Waals surface area contributed by atoms with Crippen molar-refractivity contribution in [2.24, 2.45) is 0 Å². The average Bonchev–Trinajstić information content (AvgIpc) is 2.45. The van der Waals surface area contributed by atoms with E-state index in [1.54, 1.807) is 0 Å². The third-order valence-electron chi connectivity index (χ3n) is 3.68. The molecule has 0 spiro atoms. The second kappa shape index (κ2) is 9.41. The van der Waals surface area contributed by atoms with E-state index in [9.17, 15) is 0 Å². The summed E-state index contributed by atoms with van der Waals surface area (Å²) in [5.41, 5.74) is 1.27. The number of unbranched alkanes of at least 4 members (excludes halogenated alkanes) is 3. The molecule has 2 nitrogen and oxygen atoms in total. The van der Waals surface area contributed by atoms with Crippen molar-refractivity contribution in [1.29, 1.82) is 0 Å². The Hall–Kier alpha value is -0.540. The van der Waals surface area contributed by atoms with Crippen molar-refractivity contribution < 1.29 is 4.74 Å². The quantitative estimate of drug-likeness (QED) is 0.601. The molecule has 0 amide bonds. The van der Waals surface area contributed by atoms with Gasteiger partial charge in [0.05, 0.1) is 10.6 Å². The lowest BCUT2D eigenvalue weighted by Gasteiger charge is -2.17. The van der Waals surface area contributed by atoms with Gasteiger partial charge in [0, 0.05) is 6.04 Å². The van der Waals surface area contributed by atoms with Gasteiger partial charge in [-0.25, -0.2) is 0 Å². The van der Waals surface area contributed by atoms with E-state index in [0.717, 1.165) is 16.6 Å². The minimum absolute atomic E-state index is 0.274. The van der Waals surface area contributed by atoms with E-state index in [-0.39, 0.29) is 6.10 Å². The molecule has 2 atom stereocenters. The molecule has 1 aromatic rings. The van der Waals surface area contributed by atoms with Crippen molar-refractivity contribution in [1.82, 2.24) is 5.32 Å². The number of benzene rings is 1. The maximum Gasteiger partial charge on any atom is 0.133 e. The van der Waals surface area contributed by atoms with E-state index >= 15 is 0 Å². The van der Waals surface area contributed by atoms with Gasteiger partial charge in [-0.3, -0.25) is 0 Å². The van der Waals surface area contributed by atoms with Gasteiger partial charge in [0.2, 0.25) is 0 Å². The fourth-order valence-electron chi connectivity index (χ4n) is 2.18. The molecule has 0 fully saturated rings. The lowest BCUT2D eigenvalue weighted by atomic mass is 10.1. The van der Waals surface area contributed by atoms with E-state index in [0.29, 0.717) is 6.04 Å². The molecule has 0 saturated heterocycles. The molecule has 2 unspecified atom stereocenters. The Labute approximate surface area is 132 Å². The third-order valence-corrected chi connectivity index (χ3v) is 4.30. The van der Waals surface area contributed by atoms with Gasteiger partial charge in [0.15, 0.2) is 0 Å². The highest BCUT2D eigenvalue weighted by Gasteiger charge is 2.10. The number of halogens is 1. The molecule has 1 N–H and O–H groups in total. The molecule has 0 radical (unpaired) electrons. The summed E-state index contributed by atoms with van der Waals surface area (Å²) in [7, 11) is 1.97. The number of hydrogen-bond donors (Lipinski definition) is 1. The lowest BCUT2D eigenvalue weighted by Crippen LogP contribution is -2.14. The van der Waals surface area contributed by atoms with Crippen molar-refractivity contribution in [2.45, 2.75) is 65.0 Å². The molecule has 0 aromatic heterocycles. The monoisotopic (exact) mass is 341 g/mol. The SMILES string of the molecule is CCCCCCC(C)Oc1ccc(C(C)NC)cc1Br. The first kappa shape index (κ1) is 17.5. The normalized spacial score (nSPS) is 14.1. The summed E-state index contributed by atoms with van der Waals surface area (Å²) < 4.78 is 7.07. The van der Waals surface area contributed by atoms with Gasteiger partial charge in [-0.1, -0.05) is 32.3 Å². The Morgan fingerprint density at radius 2 is 1.95 bits per heavy atom. The van der Waals surface area contributed by atoms with E-state index < -0.39 is 0 Å². The van der Waals surface area contributed by atoms with Crippen molar-refractivity contribution in [3.05, 3.63) is 28.2 Å². The topological polar surface area (TPSA) is 21.3 Å². The molecule has 0 aliphatic carbocycles. The Kier molecular flexibility index (Phi) is 8.24. The molecule has 0 aliphatic heterocycles. The molecule has 0 bridgehead atoms. The molecule has 1 aromatic carbocycles. The summed E-state index contributed by atoms with van der Waals surface area (Å²) in [6, 6.07) is 6.69. The largest absolute Gasteiger partial charge is 0.490 e. The van der Waals surface area contributed by atoms with E-state index in [2.05, 4.69) is 60.2 Å². The highest BCUT2D eigenvalue weighted by Crippen LogP contribution is 2.29. The first-order chi connectivity index (χ1) is 9.58. The zero-order valence-electron chi connectivity index (χ0n) is 13.2. The van der Waals surface area contributed by atoms with Crippen LogP contribution in [-0.4, -0.2) is 13.2 Å². The second-order valence-electron chi connectivity index (χ2n) is 5.48.